The van der Waals surface area contributed by atoms with Gasteiger partial charge >= 0.3 is 5.97 Å². The number of hydrogen-bond donors (Lipinski definition) is 2. The molecule has 20 heavy (non-hydrogen) atoms. The number of carboxylic acids is 1. The third-order valence-electron chi connectivity index (χ3n) is 3.78. The first-order valence-corrected chi connectivity index (χ1v) is 6.94. The maximum absolute atomic E-state index is 11.4. The van der Waals surface area contributed by atoms with Crippen LogP contribution in [-0.4, -0.2) is 40.8 Å². The number of carboxylic acid groups (broad SMARTS) is 1. The molecular weight excluding hydrogens is 258 g/mol. The fourth-order valence-electron chi connectivity index (χ4n) is 2.69. The van der Waals surface area contributed by atoms with Crippen LogP contribution in [0.15, 0.2) is 18.2 Å². The van der Waals surface area contributed by atoms with Crippen molar-refractivity contribution >= 4 is 5.97 Å². The third kappa shape index (κ3) is 3.42. The molecule has 1 fully saturated rings. The van der Waals surface area contributed by atoms with Gasteiger partial charge in [0.15, 0.2) is 11.5 Å². The monoisotopic (exact) mass is 279 g/mol. The Morgan fingerprint density at radius 1 is 1.40 bits per heavy atom. The van der Waals surface area contributed by atoms with Gasteiger partial charge in [-0.1, -0.05) is 18.9 Å². The molecule has 2 rings (SSSR count). The molecule has 110 valence electrons. The highest BCUT2D eigenvalue weighted by atomic mass is 16.5. The maximum atomic E-state index is 11.4. The van der Waals surface area contributed by atoms with E-state index in [2.05, 4.69) is 0 Å². The zero-order valence-electron chi connectivity index (χ0n) is 11.7. The van der Waals surface area contributed by atoms with E-state index in [1.54, 1.807) is 12.1 Å². The minimum atomic E-state index is -0.752. The van der Waals surface area contributed by atoms with E-state index >= 15 is 0 Å². The van der Waals surface area contributed by atoms with E-state index < -0.39 is 12.0 Å². The number of carbonyl (C=O) groups is 1. The van der Waals surface area contributed by atoms with E-state index in [4.69, 9.17) is 4.74 Å². The van der Waals surface area contributed by atoms with Gasteiger partial charge in [-0.05, 0) is 37.1 Å². The first-order valence-electron chi connectivity index (χ1n) is 6.94. The number of phenolic OH excluding ortho intramolecular Hbond substituents is 1. The lowest BCUT2D eigenvalue weighted by molar-refractivity contribution is -0.143. The molecule has 1 aromatic rings. The van der Waals surface area contributed by atoms with Gasteiger partial charge in [-0.2, -0.15) is 0 Å². The molecule has 0 aromatic heterocycles. The van der Waals surface area contributed by atoms with Crippen LogP contribution in [0.3, 0.4) is 0 Å². The van der Waals surface area contributed by atoms with Gasteiger partial charge in [0.2, 0.25) is 0 Å². The Bertz CT molecular complexity index is 475. The van der Waals surface area contributed by atoms with Gasteiger partial charge in [-0.25, -0.2) is 0 Å². The smallest absolute Gasteiger partial charge is 0.320 e. The van der Waals surface area contributed by atoms with E-state index in [0.717, 1.165) is 31.4 Å². The van der Waals surface area contributed by atoms with Crippen molar-refractivity contribution in [3.8, 4) is 11.5 Å². The van der Waals surface area contributed by atoms with Crippen LogP contribution in [0.5, 0.6) is 11.5 Å². The van der Waals surface area contributed by atoms with E-state index in [1.807, 2.05) is 11.0 Å². The Morgan fingerprint density at radius 3 is 2.90 bits per heavy atom. The summed E-state index contributed by atoms with van der Waals surface area (Å²) < 4.78 is 5.09. The van der Waals surface area contributed by atoms with Crippen LogP contribution in [0, 0.1) is 0 Å². The molecule has 1 atom stereocenters. The average molecular weight is 279 g/mol. The predicted molar refractivity (Wildman–Crippen MR) is 75.0 cm³/mol. The second-order valence-electron chi connectivity index (χ2n) is 5.18. The lowest BCUT2D eigenvalue weighted by Gasteiger charge is -2.26. The summed E-state index contributed by atoms with van der Waals surface area (Å²) in [7, 11) is 1.50. The van der Waals surface area contributed by atoms with Crippen LogP contribution >= 0.6 is 0 Å². The molecule has 0 aliphatic carbocycles. The fourth-order valence-corrected chi connectivity index (χ4v) is 2.69. The van der Waals surface area contributed by atoms with Crippen molar-refractivity contribution in [1.82, 2.24) is 4.90 Å². The minimum Gasteiger partial charge on any atom is -0.504 e. The first-order chi connectivity index (χ1) is 9.61. The molecule has 0 spiro atoms. The van der Waals surface area contributed by atoms with Crippen molar-refractivity contribution in [1.29, 1.82) is 0 Å². The Kier molecular flexibility index (Phi) is 4.84. The topological polar surface area (TPSA) is 70.0 Å². The highest BCUT2D eigenvalue weighted by Crippen LogP contribution is 2.28. The number of phenols is 1. The summed E-state index contributed by atoms with van der Waals surface area (Å²) in [5.41, 5.74) is 0.952. The molecule has 0 amide bonds. The largest absolute Gasteiger partial charge is 0.504 e. The number of aliphatic carboxylic acids is 1. The second kappa shape index (κ2) is 6.61. The van der Waals surface area contributed by atoms with E-state index in [-0.39, 0.29) is 5.75 Å². The lowest BCUT2D eigenvalue weighted by Crippen LogP contribution is -2.40. The van der Waals surface area contributed by atoms with Crippen molar-refractivity contribution in [3.05, 3.63) is 23.8 Å². The minimum absolute atomic E-state index is 0.0990. The highest BCUT2D eigenvalue weighted by molar-refractivity contribution is 5.73. The molecule has 1 aliphatic rings. The lowest BCUT2D eigenvalue weighted by atomic mass is 10.1. The van der Waals surface area contributed by atoms with Crippen molar-refractivity contribution in [2.24, 2.45) is 0 Å². The average Bonchev–Trinajstić information content (AvgIpc) is 2.66. The zero-order chi connectivity index (χ0) is 14.5. The molecular formula is C15H21NO4. The number of nitrogens with zero attached hydrogens (tertiary/aromatic N) is 1. The van der Waals surface area contributed by atoms with Crippen LogP contribution in [-0.2, 0) is 11.3 Å². The van der Waals surface area contributed by atoms with E-state index in [0.29, 0.717) is 18.7 Å². The Balaban J connectivity index is 2.15. The number of ether oxygens (including phenoxy) is 1. The van der Waals surface area contributed by atoms with Crippen molar-refractivity contribution < 1.29 is 19.7 Å². The zero-order valence-corrected chi connectivity index (χ0v) is 11.7. The summed E-state index contributed by atoms with van der Waals surface area (Å²) >= 11 is 0. The van der Waals surface area contributed by atoms with Crippen LogP contribution in [0.2, 0.25) is 0 Å². The molecule has 0 radical (unpaired) electrons. The third-order valence-corrected chi connectivity index (χ3v) is 3.78. The number of aromatic hydroxyl groups is 1. The quantitative estimate of drug-likeness (QED) is 0.884. The molecule has 1 unspecified atom stereocenters. The molecule has 1 heterocycles. The fraction of sp³-hybridized carbons (Fsp3) is 0.533. The van der Waals surface area contributed by atoms with Gasteiger partial charge < -0.3 is 14.9 Å². The highest BCUT2D eigenvalue weighted by Gasteiger charge is 2.27. The summed E-state index contributed by atoms with van der Waals surface area (Å²) in [5.74, 6) is -0.233. The van der Waals surface area contributed by atoms with Crippen LogP contribution in [0.1, 0.15) is 31.2 Å². The normalized spacial score (nSPS) is 20.4. The molecule has 1 aliphatic heterocycles. The van der Waals surface area contributed by atoms with Crippen molar-refractivity contribution in [2.45, 2.75) is 38.3 Å². The van der Waals surface area contributed by atoms with Crippen LogP contribution in [0.25, 0.3) is 0 Å². The molecule has 1 aromatic carbocycles. The Morgan fingerprint density at radius 2 is 2.20 bits per heavy atom. The SMILES string of the molecule is COc1cc(CN2CCCCCC2C(=O)O)ccc1O. The molecule has 2 N–H and O–H groups in total. The number of benzene rings is 1. The summed E-state index contributed by atoms with van der Waals surface area (Å²) in [5, 5.41) is 18.9. The number of methoxy groups -OCH3 is 1. The van der Waals surface area contributed by atoms with Gasteiger partial charge in [0.1, 0.15) is 6.04 Å². The number of likely N-dealkylation sites (tertiary alicyclic amines) is 1. The predicted octanol–water partition coefficient (Wildman–Crippen LogP) is 2.23. The summed E-state index contributed by atoms with van der Waals surface area (Å²) in [6.45, 7) is 1.35. The second-order valence-corrected chi connectivity index (χ2v) is 5.18. The molecule has 0 saturated carbocycles. The van der Waals surface area contributed by atoms with Crippen LogP contribution in [0.4, 0.5) is 0 Å². The number of rotatable bonds is 4. The van der Waals surface area contributed by atoms with Gasteiger partial charge in [0.05, 0.1) is 7.11 Å². The molecule has 0 bridgehead atoms. The summed E-state index contributed by atoms with van der Waals surface area (Å²) in [6.07, 6.45) is 3.77. The van der Waals surface area contributed by atoms with E-state index in [9.17, 15) is 15.0 Å². The number of hydrogen-bond acceptors (Lipinski definition) is 4. The van der Waals surface area contributed by atoms with Gasteiger partial charge in [0, 0.05) is 6.54 Å². The standard InChI is InChI=1S/C15H21NO4/c1-20-14-9-11(6-7-13(14)17)10-16-8-4-2-3-5-12(16)15(18)19/h6-7,9,12,17H,2-5,8,10H2,1H3,(H,18,19). The first kappa shape index (κ1) is 14.7. The van der Waals surface area contributed by atoms with E-state index in [1.165, 1.54) is 7.11 Å². The summed E-state index contributed by atoms with van der Waals surface area (Å²) in [4.78, 5) is 13.4. The van der Waals surface area contributed by atoms with Gasteiger partial charge in [0.25, 0.3) is 0 Å². The van der Waals surface area contributed by atoms with Crippen molar-refractivity contribution in [2.75, 3.05) is 13.7 Å². The Hall–Kier alpha value is -1.75. The molecule has 5 heteroatoms. The van der Waals surface area contributed by atoms with Gasteiger partial charge in [-0.15, -0.1) is 0 Å². The van der Waals surface area contributed by atoms with Crippen molar-refractivity contribution in [3.63, 3.8) is 0 Å². The van der Waals surface area contributed by atoms with Crippen LogP contribution < -0.4 is 4.74 Å². The maximum Gasteiger partial charge on any atom is 0.320 e. The van der Waals surface area contributed by atoms with Gasteiger partial charge in [-0.3, -0.25) is 9.69 Å². The Labute approximate surface area is 118 Å². The molecule has 5 nitrogen and oxygen atoms in total. The molecule has 1 saturated heterocycles. The summed E-state index contributed by atoms with van der Waals surface area (Å²) in [6, 6.07) is 4.74.